The summed E-state index contributed by atoms with van der Waals surface area (Å²) in [7, 11) is 0. The lowest BCUT2D eigenvalue weighted by Crippen LogP contribution is -1.95. The minimum absolute atomic E-state index is 0.207. The number of phenols is 2. The summed E-state index contributed by atoms with van der Waals surface area (Å²) in [5.41, 5.74) is 3.93. The first-order valence-corrected chi connectivity index (χ1v) is 7.87. The molecule has 0 saturated carbocycles. The van der Waals surface area contributed by atoms with Gasteiger partial charge in [0, 0.05) is 0 Å². The van der Waals surface area contributed by atoms with Crippen molar-refractivity contribution in [2.45, 2.75) is 46.5 Å². The topological polar surface area (TPSA) is 65.2 Å². The smallest absolute Gasteiger partial charge is 0.122 e. The molecule has 0 aliphatic carbocycles. The second-order valence-corrected chi connectivity index (χ2v) is 6.45. The molecule has 0 bridgehead atoms. The van der Waals surface area contributed by atoms with Gasteiger partial charge in [-0.25, -0.2) is 0 Å². The van der Waals surface area contributed by atoms with Gasteiger partial charge in [0.2, 0.25) is 0 Å². The molecule has 0 radical (unpaired) electrons. The van der Waals surface area contributed by atoms with Gasteiger partial charge in [0.15, 0.2) is 0 Å². The van der Waals surface area contributed by atoms with Crippen LogP contribution in [0.2, 0.25) is 0 Å². The fourth-order valence-electron chi connectivity index (χ4n) is 2.42. The zero-order chi connectivity index (χ0) is 17.1. The Kier molecular flexibility index (Phi) is 5.04. The highest BCUT2D eigenvalue weighted by Gasteiger charge is 2.15. The number of hydrogen-bond donors (Lipinski definition) is 2. The molecular formula is C19H24N2O2. The Bertz CT molecular complexity index is 705. The van der Waals surface area contributed by atoms with E-state index in [1.54, 1.807) is 18.2 Å². The fourth-order valence-corrected chi connectivity index (χ4v) is 2.42. The van der Waals surface area contributed by atoms with Crippen molar-refractivity contribution >= 4 is 11.4 Å². The quantitative estimate of drug-likeness (QED) is 0.673. The van der Waals surface area contributed by atoms with Crippen molar-refractivity contribution in [2.75, 3.05) is 0 Å². The molecule has 0 aromatic heterocycles. The molecule has 0 fully saturated rings. The number of benzene rings is 2. The van der Waals surface area contributed by atoms with Crippen molar-refractivity contribution in [1.29, 1.82) is 0 Å². The third-order valence-electron chi connectivity index (χ3n) is 3.86. The molecule has 2 aromatic rings. The van der Waals surface area contributed by atoms with Gasteiger partial charge < -0.3 is 10.2 Å². The van der Waals surface area contributed by atoms with E-state index in [-0.39, 0.29) is 17.6 Å². The monoisotopic (exact) mass is 312 g/mol. The summed E-state index contributed by atoms with van der Waals surface area (Å²) >= 11 is 0. The molecule has 23 heavy (non-hydrogen) atoms. The van der Waals surface area contributed by atoms with Gasteiger partial charge in [-0.1, -0.05) is 27.7 Å². The van der Waals surface area contributed by atoms with Crippen molar-refractivity contribution in [3.63, 3.8) is 0 Å². The molecule has 0 amide bonds. The third kappa shape index (κ3) is 3.89. The minimum Gasteiger partial charge on any atom is -0.508 e. The number of nitrogens with zero attached hydrogens (tertiary/aromatic N) is 2. The Hall–Kier alpha value is -2.36. The third-order valence-corrected chi connectivity index (χ3v) is 3.86. The van der Waals surface area contributed by atoms with Crippen LogP contribution >= 0.6 is 0 Å². The summed E-state index contributed by atoms with van der Waals surface area (Å²) in [6, 6.07) is 8.87. The summed E-state index contributed by atoms with van der Waals surface area (Å²) in [5.74, 6) is 1.02. The predicted octanol–water partition coefficient (Wildman–Crippen LogP) is 6.07. The first-order chi connectivity index (χ1) is 10.8. The SMILES string of the molecule is Cc1cc(/N=N/c2cc(C(C)C)c(O)c(C(C)C)c2)ccc1O. The maximum absolute atomic E-state index is 10.4. The molecule has 2 rings (SSSR count). The standard InChI is InChI=1S/C19H24N2O2/c1-11(2)16-9-15(10-17(12(3)4)19(16)23)21-20-14-6-7-18(22)13(5)8-14/h6-12,22-23H,1-5H3/b21-20+. The molecule has 0 saturated heterocycles. The summed E-state index contributed by atoms with van der Waals surface area (Å²) in [4.78, 5) is 0. The summed E-state index contributed by atoms with van der Waals surface area (Å²) in [6.07, 6.45) is 0. The van der Waals surface area contributed by atoms with Crippen LogP contribution in [0.1, 0.15) is 56.2 Å². The van der Waals surface area contributed by atoms with E-state index in [4.69, 9.17) is 0 Å². The molecular weight excluding hydrogens is 288 g/mol. The van der Waals surface area contributed by atoms with Crippen LogP contribution in [0.25, 0.3) is 0 Å². The highest BCUT2D eigenvalue weighted by molar-refractivity contribution is 5.55. The number of azo groups is 1. The average Bonchev–Trinajstić information content (AvgIpc) is 2.48. The predicted molar refractivity (Wildman–Crippen MR) is 93.3 cm³/mol. The molecule has 4 heteroatoms. The van der Waals surface area contributed by atoms with Gasteiger partial charge in [-0.2, -0.15) is 10.2 Å². The molecule has 0 atom stereocenters. The number of aromatic hydroxyl groups is 2. The van der Waals surface area contributed by atoms with Crippen molar-refractivity contribution in [3.05, 3.63) is 47.0 Å². The van der Waals surface area contributed by atoms with Gasteiger partial charge in [-0.05, 0) is 65.8 Å². The van der Waals surface area contributed by atoms with E-state index in [1.807, 2.05) is 46.8 Å². The van der Waals surface area contributed by atoms with Crippen LogP contribution in [-0.4, -0.2) is 10.2 Å². The maximum atomic E-state index is 10.4. The Labute approximate surface area is 137 Å². The number of rotatable bonds is 4. The molecule has 0 aliphatic heterocycles. The first-order valence-electron chi connectivity index (χ1n) is 7.87. The molecule has 0 aliphatic rings. The van der Waals surface area contributed by atoms with Crippen molar-refractivity contribution < 1.29 is 10.2 Å². The van der Waals surface area contributed by atoms with Crippen molar-refractivity contribution in [3.8, 4) is 11.5 Å². The van der Waals surface area contributed by atoms with Crippen LogP contribution in [0.15, 0.2) is 40.6 Å². The lowest BCUT2D eigenvalue weighted by Gasteiger charge is -2.15. The van der Waals surface area contributed by atoms with Crippen LogP contribution in [0.3, 0.4) is 0 Å². The number of phenolic OH excluding ortho intramolecular Hbond substituents is 2. The Morgan fingerprint density at radius 2 is 1.30 bits per heavy atom. The van der Waals surface area contributed by atoms with Crippen molar-refractivity contribution in [1.82, 2.24) is 0 Å². The molecule has 2 N–H and O–H groups in total. The van der Waals surface area contributed by atoms with Crippen molar-refractivity contribution in [2.24, 2.45) is 10.2 Å². The van der Waals surface area contributed by atoms with E-state index in [9.17, 15) is 10.2 Å². The molecule has 0 unspecified atom stereocenters. The van der Waals surface area contributed by atoms with Crippen LogP contribution in [0, 0.1) is 6.92 Å². The van der Waals surface area contributed by atoms with Gasteiger partial charge in [-0.15, -0.1) is 0 Å². The Morgan fingerprint density at radius 3 is 1.78 bits per heavy atom. The average molecular weight is 312 g/mol. The highest BCUT2D eigenvalue weighted by atomic mass is 16.3. The Balaban J connectivity index is 2.42. The van der Waals surface area contributed by atoms with E-state index in [1.165, 1.54) is 0 Å². The second kappa shape index (κ2) is 6.82. The van der Waals surface area contributed by atoms with E-state index < -0.39 is 0 Å². The van der Waals surface area contributed by atoms with E-state index >= 15 is 0 Å². The zero-order valence-electron chi connectivity index (χ0n) is 14.3. The number of hydrogen-bond acceptors (Lipinski definition) is 4. The van der Waals surface area contributed by atoms with Crippen LogP contribution < -0.4 is 0 Å². The number of aryl methyl sites for hydroxylation is 1. The van der Waals surface area contributed by atoms with Gasteiger partial charge in [0.05, 0.1) is 11.4 Å². The largest absolute Gasteiger partial charge is 0.508 e. The Morgan fingerprint density at radius 1 is 0.783 bits per heavy atom. The van der Waals surface area contributed by atoms with E-state index in [0.29, 0.717) is 11.4 Å². The van der Waals surface area contributed by atoms with Gasteiger partial charge in [-0.3, -0.25) is 0 Å². The lowest BCUT2D eigenvalue weighted by molar-refractivity contribution is 0.454. The van der Waals surface area contributed by atoms with E-state index in [0.717, 1.165) is 22.4 Å². The first kappa shape index (κ1) is 17.0. The minimum atomic E-state index is 0.207. The molecule has 2 aromatic carbocycles. The van der Waals surface area contributed by atoms with E-state index in [2.05, 4.69) is 10.2 Å². The summed E-state index contributed by atoms with van der Waals surface area (Å²) in [6.45, 7) is 10.0. The summed E-state index contributed by atoms with van der Waals surface area (Å²) < 4.78 is 0. The highest BCUT2D eigenvalue weighted by Crippen LogP contribution is 2.37. The zero-order valence-corrected chi connectivity index (χ0v) is 14.3. The van der Waals surface area contributed by atoms with Crippen LogP contribution in [0.4, 0.5) is 11.4 Å². The molecule has 4 nitrogen and oxygen atoms in total. The summed E-state index contributed by atoms with van der Waals surface area (Å²) in [5, 5.41) is 28.5. The second-order valence-electron chi connectivity index (χ2n) is 6.45. The molecule has 122 valence electrons. The van der Waals surface area contributed by atoms with Gasteiger partial charge >= 0.3 is 0 Å². The fraction of sp³-hybridized carbons (Fsp3) is 0.368. The molecule has 0 spiro atoms. The van der Waals surface area contributed by atoms with Crippen LogP contribution in [-0.2, 0) is 0 Å². The maximum Gasteiger partial charge on any atom is 0.122 e. The molecule has 0 heterocycles. The lowest BCUT2D eigenvalue weighted by atomic mass is 9.93. The van der Waals surface area contributed by atoms with Gasteiger partial charge in [0.25, 0.3) is 0 Å². The van der Waals surface area contributed by atoms with Gasteiger partial charge in [0.1, 0.15) is 11.5 Å². The van der Waals surface area contributed by atoms with Crippen LogP contribution in [0.5, 0.6) is 11.5 Å². The normalized spacial score (nSPS) is 11.8.